The van der Waals surface area contributed by atoms with Gasteiger partial charge in [0.05, 0.1) is 18.8 Å². The quantitative estimate of drug-likeness (QED) is 0.880. The van der Waals surface area contributed by atoms with Gasteiger partial charge in [-0.15, -0.1) is 0 Å². The number of likely N-dealkylation sites (tertiary alicyclic amines) is 1. The minimum absolute atomic E-state index is 0.0704. The number of nitrogens with one attached hydrogen (secondary N) is 1. The topological polar surface area (TPSA) is 58.4 Å². The Balaban J connectivity index is 2.10. The lowest BCUT2D eigenvalue weighted by Gasteiger charge is -2.24. The Bertz CT molecular complexity index is 416. The summed E-state index contributed by atoms with van der Waals surface area (Å²) in [5, 5.41) is 3.10. The summed E-state index contributed by atoms with van der Waals surface area (Å²) in [5.74, 6) is 2.09. The molecule has 1 aliphatic rings. The first-order chi connectivity index (χ1) is 8.60. The molecule has 0 bridgehead atoms. The van der Waals surface area contributed by atoms with Crippen LogP contribution in [0.15, 0.2) is 10.6 Å². The highest BCUT2D eigenvalue weighted by atomic mass is 16.4. The molecule has 1 fully saturated rings. The first-order valence-electron chi connectivity index (χ1n) is 6.47. The third-order valence-corrected chi connectivity index (χ3v) is 3.45. The van der Waals surface area contributed by atoms with E-state index < -0.39 is 0 Å². The Morgan fingerprint density at radius 1 is 1.56 bits per heavy atom. The van der Waals surface area contributed by atoms with Gasteiger partial charge in [0.25, 0.3) is 0 Å². The van der Waals surface area contributed by atoms with Crippen LogP contribution in [0.4, 0.5) is 0 Å². The molecule has 1 amide bonds. The number of likely N-dealkylation sites (N-methyl/N-ethyl adjacent to an activating group) is 1. The molecular formula is C13H21N3O2. The fraction of sp³-hybridized carbons (Fsp3) is 0.692. The maximum atomic E-state index is 12.3. The van der Waals surface area contributed by atoms with E-state index in [9.17, 15) is 4.79 Å². The first-order valence-corrected chi connectivity index (χ1v) is 6.47. The molecule has 0 saturated carbocycles. The van der Waals surface area contributed by atoms with Gasteiger partial charge in [0.1, 0.15) is 5.76 Å². The van der Waals surface area contributed by atoms with Crippen LogP contribution in [0.2, 0.25) is 0 Å². The van der Waals surface area contributed by atoms with Gasteiger partial charge in [-0.25, -0.2) is 4.98 Å². The lowest BCUT2D eigenvalue weighted by atomic mass is 10.0. The van der Waals surface area contributed by atoms with Crippen molar-refractivity contribution < 1.29 is 9.21 Å². The lowest BCUT2D eigenvalue weighted by Crippen LogP contribution is -2.43. The summed E-state index contributed by atoms with van der Waals surface area (Å²) in [5.41, 5.74) is 0. The van der Waals surface area contributed by atoms with E-state index in [4.69, 9.17) is 4.42 Å². The second kappa shape index (κ2) is 5.52. The molecule has 2 heterocycles. The van der Waals surface area contributed by atoms with Crippen LogP contribution in [-0.2, 0) is 11.3 Å². The Morgan fingerprint density at radius 3 is 2.94 bits per heavy atom. The summed E-state index contributed by atoms with van der Waals surface area (Å²) >= 11 is 0. The van der Waals surface area contributed by atoms with E-state index in [0.717, 1.165) is 25.1 Å². The van der Waals surface area contributed by atoms with Crippen molar-refractivity contribution in [3.8, 4) is 0 Å². The average Bonchev–Trinajstić information content (AvgIpc) is 2.68. The maximum Gasteiger partial charge on any atom is 0.240 e. The number of oxazole rings is 1. The molecule has 0 spiro atoms. The highest BCUT2D eigenvalue weighted by Crippen LogP contribution is 2.19. The summed E-state index contributed by atoms with van der Waals surface area (Å²) in [6.07, 6.45) is 3.68. The Morgan fingerprint density at radius 2 is 2.33 bits per heavy atom. The third kappa shape index (κ3) is 2.90. The molecule has 0 aromatic carbocycles. The Hall–Kier alpha value is -1.36. The van der Waals surface area contributed by atoms with Crippen molar-refractivity contribution in [3.63, 3.8) is 0 Å². The van der Waals surface area contributed by atoms with E-state index in [0.29, 0.717) is 18.4 Å². The number of hydrogen-bond acceptors (Lipinski definition) is 4. The van der Waals surface area contributed by atoms with E-state index >= 15 is 0 Å². The van der Waals surface area contributed by atoms with Crippen molar-refractivity contribution in [3.05, 3.63) is 17.8 Å². The molecule has 2 atom stereocenters. The number of carbonyl (C=O) groups excluding carboxylic acids is 1. The van der Waals surface area contributed by atoms with E-state index in [-0.39, 0.29) is 11.9 Å². The van der Waals surface area contributed by atoms with Gasteiger partial charge < -0.3 is 14.6 Å². The maximum absolute atomic E-state index is 12.3. The molecule has 2 unspecified atom stereocenters. The third-order valence-electron chi connectivity index (χ3n) is 3.45. The summed E-state index contributed by atoms with van der Waals surface area (Å²) in [6, 6.07) is -0.0704. The van der Waals surface area contributed by atoms with Gasteiger partial charge in [-0.2, -0.15) is 0 Å². The van der Waals surface area contributed by atoms with Crippen molar-refractivity contribution in [1.82, 2.24) is 15.2 Å². The predicted octanol–water partition coefficient (Wildman–Crippen LogP) is 1.33. The molecule has 1 aliphatic heterocycles. The van der Waals surface area contributed by atoms with E-state index in [1.165, 1.54) is 0 Å². The van der Waals surface area contributed by atoms with Crippen LogP contribution in [0, 0.1) is 12.8 Å². The van der Waals surface area contributed by atoms with Gasteiger partial charge in [-0.05, 0) is 25.8 Å². The minimum Gasteiger partial charge on any atom is -0.444 e. The summed E-state index contributed by atoms with van der Waals surface area (Å²) in [6.45, 7) is 5.30. The van der Waals surface area contributed by atoms with Gasteiger partial charge in [0.2, 0.25) is 5.91 Å². The molecule has 0 radical (unpaired) electrons. The average molecular weight is 251 g/mol. The molecule has 1 saturated heterocycles. The summed E-state index contributed by atoms with van der Waals surface area (Å²) in [4.78, 5) is 18.3. The molecule has 0 aliphatic carbocycles. The number of aryl methyl sites for hydroxylation is 1. The lowest BCUT2D eigenvalue weighted by molar-refractivity contribution is -0.133. The standard InChI is InChI=1S/C13H21N3O2/c1-9-4-5-12(14-3)13(17)16(7-9)8-11-6-15-10(2)18-11/h6,9,12,14H,4-5,7-8H2,1-3H3. The van der Waals surface area contributed by atoms with Crippen molar-refractivity contribution in [1.29, 1.82) is 0 Å². The fourth-order valence-electron chi connectivity index (χ4n) is 2.43. The van der Waals surface area contributed by atoms with Crippen LogP contribution in [0.3, 0.4) is 0 Å². The number of nitrogens with zero attached hydrogens (tertiary/aromatic N) is 2. The first kappa shape index (κ1) is 13.1. The number of hydrogen-bond donors (Lipinski definition) is 1. The van der Waals surface area contributed by atoms with E-state index in [1.807, 2.05) is 18.9 Å². The smallest absolute Gasteiger partial charge is 0.240 e. The second-order valence-corrected chi connectivity index (χ2v) is 5.09. The number of amides is 1. The van der Waals surface area contributed by atoms with Crippen LogP contribution in [0.1, 0.15) is 31.4 Å². The minimum atomic E-state index is -0.0704. The highest BCUT2D eigenvalue weighted by molar-refractivity contribution is 5.82. The fourth-order valence-corrected chi connectivity index (χ4v) is 2.43. The number of rotatable bonds is 3. The summed E-state index contributed by atoms with van der Waals surface area (Å²) in [7, 11) is 1.84. The van der Waals surface area contributed by atoms with Gasteiger partial charge in [0.15, 0.2) is 5.89 Å². The van der Waals surface area contributed by atoms with Crippen molar-refractivity contribution in [2.75, 3.05) is 13.6 Å². The normalized spacial score (nSPS) is 25.3. The Labute approximate surface area is 108 Å². The molecule has 18 heavy (non-hydrogen) atoms. The van der Waals surface area contributed by atoms with Crippen LogP contribution < -0.4 is 5.32 Å². The monoisotopic (exact) mass is 251 g/mol. The molecule has 1 aromatic heterocycles. The van der Waals surface area contributed by atoms with Crippen molar-refractivity contribution >= 4 is 5.91 Å². The molecule has 2 rings (SSSR count). The number of carbonyl (C=O) groups is 1. The van der Waals surface area contributed by atoms with Crippen LogP contribution >= 0.6 is 0 Å². The Kier molecular flexibility index (Phi) is 4.01. The van der Waals surface area contributed by atoms with Crippen LogP contribution in [-0.4, -0.2) is 35.4 Å². The van der Waals surface area contributed by atoms with Crippen molar-refractivity contribution in [2.24, 2.45) is 5.92 Å². The van der Waals surface area contributed by atoms with Crippen LogP contribution in [0.5, 0.6) is 0 Å². The highest BCUT2D eigenvalue weighted by Gasteiger charge is 2.29. The molecule has 1 N–H and O–H groups in total. The SMILES string of the molecule is CNC1CCC(C)CN(Cc2cnc(C)o2)C1=O. The zero-order valence-corrected chi connectivity index (χ0v) is 11.3. The van der Waals surface area contributed by atoms with E-state index in [1.54, 1.807) is 6.20 Å². The van der Waals surface area contributed by atoms with Gasteiger partial charge >= 0.3 is 0 Å². The molecule has 1 aromatic rings. The van der Waals surface area contributed by atoms with Gasteiger partial charge in [-0.1, -0.05) is 6.92 Å². The van der Waals surface area contributed by atoms with E-state index in [2.05, 4.69) is 17.2 Å². The largest absolute Gasteiger partial charge is 0.444 e. The van der Waals surface area contributed by atoms with Crippen LogP contribution in [0.25, 0.3) is 0 Å². The van der Waals surface area contributed by atoms with Gasteiger partial charge in [-0.3, -0.25) is 4.79 Å². The zero-order valence-electron chi connectivity index (χ0n) is 11.3. The summed E-state index contributed by atoms with van der Waals surface area (Å²) < 4.78 is 5.45. The zero-order chi connectivity index (χ0) is 13.1. The predicted molar refractivity (Wildman–Crippen MR) is 67.9 cm³/mol. The van der Waals surface area contributed by atoms with Gasteiger partial charge in [0, 0.05) is 13.5 Å². The number of aromatic nitrogens is 1. The molecule has 5 nitrogen and oxygen atoms in total. The molecule has 5 heteroatoms. The second-order valence-electron chi connectivity index (χ2n) is 5.09. The molecule has 100 valence electrons. The van der Waals surface area contributed by atoms with Crippen molar-refractivity contribution in [2.45, 2.75) is 39.3 Å². The molecular weight excluding hydrogens is 230 g/mol.